The molecule has 0 aliphatic carbocycles. The lowest BCUT2D eigenvalue weighted by Gasteiger charge is -2.22. The predicted molar refractivity (Wildman–Crippen MR) is 171 cm³/mol. The molecule has 1 radical (unpaired) electrons. The summed E-state index contributed by atoms with van der Waals surface area (Å²) >= 11 is 1.43. The summed E-state index contributed by atoms with van der Waals surface area (Å²) < 4.78 is 7.11. The van der Waals surface area contributed by atoms with Gasteiger partial charge in [0.25, 0.3) is 5.91 Å². The topological polar surface area (TPSA) is 92.0 Å². The maximum absolute atomic E-state index is 14.0. The van der Waals surface area contributed by atoms with Crippen molar-refractivity contribution < 1.29 is 14.6 Å². The quantitative estimate of drug-likeness (QED) is 0.158. The number of phenolic OH excluding ortho intramolecular Hbond substituents is 1. The molecule has 2 N–H and O–H groups in total. The minimum atomic E-state index is -0.455. The van der Waals surface area contributed by atoms with Gasteiger partial charge in [-0.2, -0.15) is 5.10 Å². The van der Waals surface area contributed by atoms with Crippen LogP contribution in [0.5, 0.6) is 5.75 Å². The first-order valence-electron chi connectivity index (χ1n) is 14.0. The number of hydrogen-bond acceptors (Lipinski definition) is 7. The minimum Gasteiger partial charge on any atom is -0.508 e. The first-order chi connectivity index (χ1) is 20.9. The molecule has 0 saturated heterocycles. The van der Waals surface area contributed by atoms with Crippen molar-refractivity contribution in [3.05, 3.63) is 124 Å². The van der Waals surface area contributed by atoms with E-state index in [-0.39, 0.29) is 11.7 Å². The lowest BCUT2D eigenvalue weighted by atomic mass is 9.98. The highest BCUT2D eigenvalue weighted by atomic mass is 32.1. The summed E-state index contributed by atoms with van der Waals surface area (Å²) in [6.45, 7) is 4.70. The van der Waals surface area contributed by atoms with Gasteiger partial charge in [0, 0.05) is 53.7 Å². The number of carbonyl (C=O) groups is 1. The number of benzene rings is 2. The van der Waals surface area contributed by atoms with E-state index in [1.165, 1.54) is 16.3 Å². The monoisotopic (exact) mass is 588 g/mol. The molecule has 1 unspecified atom stereocenters. The zero-order valence-corrected chi connectivity index (χ0v) is 25.0. The summed E-state index contributed by atoms with van der Waals surface area (Å²) in [5, 5.41) is 20.2. The average molecular weight is 589 g/mol. The van der Waals surface area contributed by atoms with Crippen LogP contribution in [0.4, 0.5) is 0 Å². The van der Waals surface area contributed by atoms with E-state index in [0.29, 0.717) is 23.4 Å². The third kappa shape index (κ3) is 5.77. The van der Waals surface area contributed by atoms with Gasteiger partial charge in [0.15, 0.2) is 0 Å². The fraction of sp³-hybridized carbons (Fsp3) is 0.182. The summed E-state index contributed by atoms with van der Waals surface area (Å²) in [7, 11) is 3.15. The SMILES string of the molecule is CO[B]NCc1ccccc1-c1ccc(C(=O)N2N=C(c3ccc(-n4c(C)ccc4C)nc3)CC2c2ccccc2O)s1. The summed E-state index contributed by atoms with van der Waals surface area (Å²) in [6, 6.07) is 26.7. The van der Waals surface area contributed by atoms with Gasteiger partial charge in [-0.15, -0.1) is 11.3 Å². The molecule has 10 heteroatoms. The zero-order chi connectivity index (χ0) is 29.9. The van der Waals surface area contributed by atoms with Gasteiger partial charge >= 0.3 is 7.62 Å². The van der Waals surface area contributed by atoms with E-state index < -0.39 is 6.04 Å². The number of aromatic hydroxyl groups is 1. The van der Waals surface area contributed by atoms with Crippen LogP contribution in [0.2, 0.25) is 0 Å². The highest BCUT2D eigenvalue weighted by Crippen LogP contribution is 2.39. The Balaban J connectivity index is 1.31. The second-order valence-corrected chi connectivity index (χ2v) is 11.5. The normalized spacial score (nSPS) is 14.6. The molecule has 0 saturated carbocycles. The van der Waals surface area contributed by atoms with Crippen LogP contribution < -0.4 is 5.23 Å². The van der Waals surface area contributed by atoms with Crippen LogP contribution in [0.3, 0.4) is 0 Å². The molecule has 4 heterocycles. The van der Waals surface area contributed by atoms with E-state index in [9.17, 15) is 9.90 Å². The number of carbonyl (C=O) groups excluding carboxylic acids is 1. The first kappa shape index (κ1) is 28.6. The maximum atomic E-state index is 14.0. The van der Waals surface area contributed by atoms with Crippen molar-refractivity contribution >= 4 is 30.6 Å². The number of thiophene rings is 1. The Kier molecular flexibility index (Phi) is 8.24. The highest BCUT2D eigenvalue weighted by molar-refractivity contribution is 7.17. The van der Waals surface area contributed by atoms with Crippen LogP contribution in [0.1, 0.15) is 50.2 Å². The average Bonchev–Trinajstić information content (AvgIpc) is 3.77. The Morgan fingerprint density at radius 2 is 1.79 bits per heavy atom. The van der Waals surface area contributed by atoms with Crippen LogP contribution in [-0.2, 0) is 11.2 Å². The molecule has 5 aromatic rings. The minimum absolute atomic E-state index is 0.134. The molecule has 1 aliphatic heterocycles. The van der Waals surface area contributed by atoms with Crippen LogP contribution in [-0.4, -0.2) is 46.0 Å². The van der Waals surface area contributed by atoms with E-state index in [4.69, 9.17) is 14.7 Å². The zero-order valence-electron chi connectivity index (χ0n) is 24.2. The van der Waals surface area contributed by atoms with Crippen LogP contribution >= 0.6 is 11.3 Å². The van der Waals surface area contributed by atoms with Gasteiger partial charge in [-0.25, -0.2) is 9.99 Å². The van der Waals surface area contributed by atoms with Gasteiger partial charge < -0.3 is 19.6 Å². The molecule has 1 atom stereocenters. The second-order valence-electron chi connectivity index (χ2n) is 10.4. The Bertz CT molecular complexity index is 1780. The van der Waals surface area contributed by atoms with Gasteiger partial charge in [-0.3, -0.25) is 4.79 Å². The van der Waals surface area contributed by atoms with E-state index in [1.54, 1.807) is 33.1 Å². The molecule has 0 spiro atoms. The maximum Gasteiger partial charge on any atom is 0.395 e. The molecule has 215 valence electrons. The molecule has 2 aromatic carbocycles. The molecule has 6 rings (SSSR count). The molecule has 1 aliphatic rings. The van der Waals surface area contributed by atoms with Crippen LogP contribution in [0.25, 0.3) is 16.3 Å². The first-order valence-corrected chi connectivity index (χ1v) is 14.8. The van der Waals surface area contributed by atoms with Gasteiger partial charge in [0.2, 0.25) is 0 Å². The molecule has 43 heavy (non-hydrogen) atoms. The van der Waals surface area contributed by atoms with Crippen LogP contribution in [0.15, 0.2) is 96.2 Å². The van der Waals surface area contributed by atoms with E-state index >= 15 is 0 Å². The Hall–Kier alpha value is -4.51. The van der Waals surface area contributed by atoms with E-state index in [0.717, 1.165) is 44.5 Å². The van der Waals surface area contributed by atoms with Crippen molar-refractivity contribution in [2.75, 3.05) is 7.11 Å². The highest BCUT2D eigenvalue weighted by Gasteiger charge is 2.36. The Labute approximate surface area is 255 Å². The number of para-hydroxylation sites is 1. The number of aryl methyl sites for hydroxylation is 2. The number of hydrazone groups is 1. The number of amides is 1. The van der Waals surface area contributed by atoms with Gasteiger partial charge in [0.05, 0.1) is 16.6 Å². The lowest BCUT2D eigenvalue weighted by Crippen LogP contribution is -2.26. The summed E-state index contributed by atoms with van der Waals surface area (Å²) in [5.74, 6) is 0.746. The molecule has 1 amide bonds. The number of pyridine rings is 1. The standard InChI is InChI=1S/C33H31BN5O3S/c1-21-12-13-22(2)38(21)32-17-14-24(19-35-32)27-18-28(26-10-6-7-11-29(26)40)39(37-27)33(41)31-16-15-30(43-31)25-9-5-4-8-23(25)20-36-34-42-3/h4-17,19,28,36,40H,18,20H2,1-3H3. The smallest absolute Gasteiger partial charge is 0.395 e. The number of hydrogen-bond donors (Lipinski definition) is 2. The van der Waals surface area contributed by atoms with Crippen molar-refractivity contribution in [1.82, 2.24) is 19.8 Å². The molecule has 0 bridgehead atoms. The summed E-state index contributed by atoms with van der Waals surface area (Å²) in [4.78, 5) is 20.3. The predicted octanol–water partition coefficient (Wildman–Crippen LogP) is 6.18. The van der Waals surface area contributed by atoms with Crippen molar-refractivity contribution in [1.29, 1.82) is 0 Å². The van der Waals surface area contributed by atoms with Crippen molar-refractivity contribution in [2.45, 2.75) is 32.9 Å². The van der Waals surface area contributed by atoms with Crippen molar-refractivity contribution in [3.63, 3.8) is 0 Å². The fourth-order valence-electron chi connectivity index (χ4n) is 5.46. The molecular weight excluding hydrogens is 557 g/mol. The lowest BCUT2D eigenvalue weighted by molar-refractivity contribution is 0.0714. The molecule has 3 aromatic heterocycles. The number of nitrogens with one attached hydrogen (secondary N) is 1. The number of rotatable bonds is 9. The van der Waals surface area contributed by atoms with E-state index in [1.807, 2.05) is 54.6 Å². The molecule has 8 nitrogen and oxygen atoms in total. The largest absolute Gasteiger partial charge is 0.508 e. The van der Waals surface area contributed by atoms with Crippen molar-refractivity contribution in [3.8, 4) is 22.0 Å². The number of nitrogens with zero attached hydrogens (tertiary/aromatic N) is 4. The number of aromatic nitrogens is 2. The third-order valence-electron chi connectivity index (χ3n) is 7.59. The third-order valence-corrected chi connectivity index (χ3v) is 8.70. The Morgan fingerprint density at radius 1 is 1.02 bits per heavy atom. The molecular formula is C33H31BN5O3S. The van der Waals surface area contributed by atoms with E-state index in [2.05, 4.69) is 41.8 Å². The molecule has 0 fully saturated rings. The van der Waals surface area contributed by atoms with Gasteiger partial charge in [0.1, 0.15) is 11.6 Å². The van der Waals surface area contributed by atoms with Gasteiger partial charge in [-0.05, 0) is 67.4 Å². The fourth-order valence-corrected chi connectivity index (χ4v) is 6.46. The Morgan fingerprint density at radius 3 is 2.53 bits per heavy atom. The van der Waals surface area contributed by atoms with Gasteiger partial charge in [-0.1, -0.05) is 42.5 Å². The summed E-state index contributed by atoms with van der Waals surface area (Å²) in [6.07, 6.45) is 2.26. The number of phenols is 1. The van der Waals surface area contributed by atoms with Crippen molar-refractivity contribution in [2.24, 2.45) is 5.10 Å². The summed E-state index contributed by atoms with van der Waals surface area (Å²) in [5.41, 5.74) is 6.58. The van der Waals surface area contributed by atoms with Crippen LogP contribution in [0, 0.1) is 13.8 Å². The second kappa shape index (κ2) is 12.4.